The van der Waals surface area contributed by atoms with Crippen LogP contribution in [0.2, 0.25) is 0 Å². The van der Waals surface area contributed by atoms with Gasteiger partial charge in [-0.2, -0.15) is 0 Å². The van der Waals surface area contributed by atoms with Crippen molar-refractivity contribution >= 4 is 11.9 Å². The minimum atomic E-state index is -0.522. The molecule has 17 heavy (non-hydrogen) atoms. The van der Waals surface area contributed by atoms with E-state index in [0.717, 1.165) is 0 Å². The average molecular weight is 241 g/mol. The topological polar surface area (TPSA) is 87.3 Å². The Morgan fingerprint density at radius 3 is 3.00 bits per heavy atom. The highest BCUT2D eigenvalue weighted by Gasteiger charge is 2.13. The number of aromatic nitrogens is 2. The van der Waals surface area contributed by atoms with Crippen LogP contribution in [0.25, 0.3) is 0 Å². The van der Waals surface area contributed by atoms with Gasteiger partial charge in [0.2, 0.25) is 0 Å². The smallest absolute Gasteiger partial charge is 0.434 e. The molecule has 0 saturated heterocycles. The third-order valence-electron chi connectivity index (χ3n) is 2.19. The molecule has 7 heteroatoms. The van der Waals surface area contributed by atoms with E-state index in [0.29, 0.717) is 32.4 Å². The molecular weight excluding hydrogens is 226 g/mol. The predicted octanol–water partition coefficient (Wildman–Crippen LogP) is 1.52. The molecule has 0 unspecified atom stereocenters. The molecule has 0 spiro atoms. The number of aryl methyl sites for hydroxylation is 1. The van der Waals surface area contributed by atoms with Gasteiger partial charge < -0.3 is 14.9 Å². The first-order valence-electron chi connectivity index (χ1n) is 5.46. The van der Waals surface area contributed by atoms with Gasteiger partial charge in [0.25, 0.3) is 0 Å². The van der Waals surface area contributed by atoms with Crippen molar-refractivity contribution in [3.8, 4) is 0 Å². The van der Waals surface area contributed by atoms with Crippen molar-refractivity contribution < 1.29 is 14.5 Å². The fourth-order valence-electron chi connectivity index (χ4n) is 1.43. The van der Waals surface area contributed by atoms with Crippen LogP contribution in [0, 0.1) is 10.1 Å². The minimum absolute atomic E-state index is 0.166. The van der Waals surface area contributed by atoms with Crippen molar-refractivity contribution in [1.29, 1.82) is 0 Å². The largest absolute Gasteiger partial charge is 0.466 e. The van der Waals surface area contributed by atoms with Gasteiger partial charge >= 0.3 is 11.9 Å². The van der Waals surface area contributed by atoms with Crippen LogP contribution >= 0.6 is 0 Å². The molecule has 1 aromatic heterocycles. The van der Waals surface area contributed by atoms with Gasteiger partial charge in [0, 0.05) is 6.42 Å². The molecule has 1 rings (SSSR count). The van der Waals surface area contributed by atoms with Gasteiger partial charge in [0.05, 0.1) is 13.2 Å². The number of carbonyl (C=O) groups excluding carboxylic acids is 1. The maximum Gasteiger partial charge on any atom is 0.434 e. The second kappa shape index (κ2) is 6.62. The third kappa shape index (κ3) is 4.21. The van der Waals surface area contributed by atoms with Gasteiger partial charge in [-0.15, -0.1) is 0 Å². The molecule has 1 aromatic rings. The van der Waals surface area contributed by atoms with E-state index in [-0.39, 0.29) is 11.9 Å². The molecule has 0 fully saturated rings. The maximum absolute atomic E-state index is 11.0. The van der Waals surface area contributed by atoms with E-state index in [9.17, 15) is 14.9 Å². The Labute approximate surface area is 98.6 Å². The van der Waals surface area contributed by atoms with E-state index < -0.39 is 4.92 Å². The van der Waals surface area contributed by atoms with E-state index in [2.05, 4.69) is 4.98 Å². The second-order valence-electron chi connectivity index (χ2n) is 3.44. The summed E-state index contributed by atoms with van der Waals surface area (Å²) < 4.78 is 6.24. The summed E-state index contributed by atoms with van der Waals surface area (Å²) in [4.78, 5) is 24.7. The number of hydrogen-bond donors (Lipinski definition) is 0. The standard InChI is InChI=1S/C10H15N3O4/c1-2-17-9(14)5-3-4-7-12-8-6-11-10(12)13(15)16/h6,8H,2-5,7H2,1H3. The molecule has 0 aliphatic rings. The highest BCUT2D eigenvalue weighted by molar-refractivity contribution is 5.69. The summed E-state index contributed by atoms with van der Waals surface area (Å²) in [6, 6.07) is 0. The fraction of sp³-hybridized carbons (Fsp3) is 0.600. The lowest BCUT2D eigenvalue weighted by Crippen LogP contribution is -2.06. The molecule has 0 aromatic carbocycles. The number of nitro groups is 1. The van der Waals surface area contributed by atoms with E-state index in [1.165, 1.54) is 10.8 Å². The molecule has 1 heterocycles. The zero-order valence-electron chi connectivity index (χ0n) is 9.66. The number of ether oxygens (including phenoxy) is 1. The van der Waals surface area contributed by atoms with Crippen molar-refractivity contribution in [3.05, 3.63) is 22.5 Å². The number of carbonyl (C=O) groups is 1. The van der Waals surface area contributed by atoms with Crippen LogP contribution < -0.4 is 0 Å². The first-order valence-corrected chi connectivity index (χ1v) is 5.46. The Kier molecular flexibility index (Phi) is 5.12. The Hall–Kier alpha value is -1.92. The molecule has 94 valence electrons. The summed E-state index contributed by atoms with van der Waals surface area (Å²) >= 11 is 0. The Balaban J connectivity index is 2.29. The monoisotopic (exact) mass is 241 g/mol. The van der Waals surface area contributed by atoms with E-state index in [1.54, 1.807) is 13.1 Å². The lowest BCUT2D eigenvalue weighted by molar-refractivity contribution is -0.396. The van der Waals surface area contributed by atoms with Crippen LogP contribution in [0.4, 0.5) is 5.95 Å². The first-order chi connectivity index (χ1) is 8.15. The SMILES string of the molecule is CCOC(=O)CCCCn1ccnc1[N+](=O)[O-]. The lowest BCUT2D eigenvalue weighted by atomic mass is 10.2. The third-order valence-corrected chi connectivity index (χ3v) is 2.19. The number of rotatable bonds is 7. The van der Waals surface area contributed by atoms with E-state index >= 15 is 0 Å². The number of nitrogens with zero attached hydrogens (tertiary/aromatic N) is 3. The van der Waals surface area contributed by atoms with Gasteiger partial charge in [-0.25, -0.2) is 4.57 Å². The van der Waals surface area contributed by atoms with Crippen molar-refractivity contribution in [2.75, 3.05) is 6.61 Å². The maximum atomic E-state index is 11.0. The van der Waals surface area contributed by atoms with Crippen molar-refractivity contribution in [2.45, 2.75) is 32.7 Å². The Morgan fingerprint density at radius 2 is 2.35 bits per heavy atom. The Morgan fingerprint density at radius 1 is 1.59 bits per heavy atom. The van der Waals surface area contributed by atoms with E-state index in [4.69, 9.17) is 4.74 Å². The highest BCUT2D eigenvalue weighted by Crippen LogP contribution is 2.09. The summed E-state index contributed by atoms with van der Waals surface area (Å²) in [6.45, 7) is 2.62. The molecule has 0 amide bonds. The van der Waals surface area contributed by atoms with Crippen LogP contribution in [0.5, 0.6) is 0 Å². The van der Waals surface area contributed by atoms with E-state index in [1.807, 2.05) is 0 Å². The molecular formula is C10H15N3O4. The van der Waals surface area contributed by atoms with Gasteiger partial charge in [0.15, 0.2) is 0 Å². The molecule has 0 N–H and O–H groups in total. The van der Waals surface area contributed by atoms with Crippen LogP contribution in [-0.2, 0) is 16.1 Å². The molecule has 0 saturated carbocycles. The second-order valence-corrected chi connectivity index (χ2v) is 3.44. The number of imidazole rings is 1. The van der Waals surface area contributed by atoms with Crippen molar-refractivity contribution in [1.82, 2.24) is 9.55 Å². The first kappa shape index (κ1) is 13.1. The summed E-state index contributed by atoms with van der Waals surface area (Å²) in [5.41, 5.74) is 0. The average Bonchev–Trinajstić information content (AvgIpc) is 2.73. The summed E-state index contributed by atoms with van der Waals surface area (Å²) in [6.07, 6.45) is 4.62. The zero-order chi connectivity index (χ0) is 12.7. The molecule has 0 aliphatic heterocycles. The predicted molar refractivity (Wildman–Crippen MR) is 59.4 cm³/mol. The van der Waals surface area contributed by atoms with Gasteiger partial charge in [0.1, 0.15) is 12.4 Å². The van der Waals surface area contributed by atoms with Crippen LogP contribution in [0.3, 0.4) is 0 Å². The minimum Gasteiger partial charge on any atom is -0.466 e. The molecule has 0 aliphatic carbocycles. The molecule has 0 radical (unpaired) electrons. The van der Waals surface area contributed by atoms with Gasteiger partial charge in [-0.3, -0.25) is 4.79 Å². The number of esters is 1. The van der Waals surface area contributed by atoms with Crippen LogP contribution in [0.15, 0.2) is 12.4 Å². The van der Waals surface area contributed by atoms with Crippen LogP contribution in [0.1, 0.15) is 26.2 Å². The van der Waals surface area contributed by atoms with Crippen molar-refractivity contribution in [2.24, 2.45) is 0 Å². The highest BCUT2D eigenvalue weighted by atomic mass is 16.6. The lowest BCUT2D eigenvalue weighted by Gasteiger charge is -2.02. The Bertz CT molecular complexity index is 389. The summed E-state index contributed by atoms with van der Waals surface area (Å²) in [5.74, 6) is -0.395. The van der Waals surface area contributed by atoms with Crippen molar-refractivity contribution in [3.63, 3.8) is 0 Å². The quantitative estimate of drug-likeness (QED) is 0.312. The summed E-state index contributed by atoms with van der Waals surface area (Å²) in [5, 5.41) is 10.6. The normalized spacial score (nSPS) is 10.2. The van der Waals surface area contributed by atoms with Crippen LogP contribution in [-0.4, -0.2) is 27.1 Å². The number of hydrogen-bond acceptors (Lipinski definition) is 5. The van der Waals surface area contributed by atoms with Gasteiger partial charge in [-0.05, 0) is 24.7 Å². The van der Waals surface area contributed by atoms with Gasteiger partial charge in [-0.1, -0.05) is 4.98 Å². The molecule has 0 bridgehead atoms. The molecule has 0 atom stereocenters. The summed E-state index contributed by atoms with van der Waals surface area (Å²) in [7, 11) is 0. The number of unbranched alkanes of at least 4 members (excludes halogenated alkanes) is 1. The molecule has 7 nitrogen and oxygen atoms in total. The zero-order valence-corrected chi connectivity index (χ0v) is 9.66. The fourth-order valence-corrected chi connectivity index (χ4v) is 1.43.